The minimum atomic E-state index is -2.57. The number of nitrogens with zero attached hydrogens (tertiary/aromatic N) is 4. The molecule has 1 aliphatic rings. The average Bonchev–Trinajstić information content (AvgIpc) is 3.42. The van der Waals surface area contributed by atoms with Crippen molar-refractivity contribution in [2.45, 2.75) is 37.7 Å². The zero-order chi connectivity index (χ0) is 23.2. The van der Waals surface area contributed by atoms with Gasteiger partial charge >= 0.3 is 0 Å². The maximum atomic E-state index is 13.2. The van der Waals surface area contributed by atoms with Gasteiger partial charge in [0.05, 0.1) is 6.20 Å². The molecule has 4 aromatic rings. The third kappa shape index (κ3) is 3.66. The van der Waals surface area contributed by atoms with Crippen molar-refractivity contribution < 1.29 is 22.8 Å². The predicted molar refractivity (Wildman–Crippen MR) is 115 cm³/mol. The number of fused-ring (bicyclic) bond motifs is 1. The van der Waals surface area contributed by atoms with Crippen molar-refractivity contribution >= 4 is 17.2 Å². The van der Waals surface area contributed by atoms with Crippen LogP contribution in [0.2, 0.25) is 0 Å². The van der Waals surface area contributed by atoms with E-state index in [0.29, 0.717) is 34.3 Å². The molecule has 0 atom stereocenters. The molecule has 1 aromatic carbocycles. The third-order valence-electron chi connectivity index (χ3n) is 6.17. The fourth-order valence-corrected chi connectivity index (χ4v) is 4.08. The summed E-state index contributed by atoms with van der Waals surface area (Å²) in [5, 5.41) is 6.92. The second kappa shape index (κ2) is 8.04. The number of carbonyl (C=O) groups is 1. The van der Waals surface area contributed by atoms with Crippen LogP contribution in [-0.2, 0) is 4.74 Å². The molecule has 1 N–H and O–H groups in total. The number of carbonyl (C=O) groups excluding carboxylic acids is 1. The van der Waals surface area contributed by atoms with Crippen LogP contribution in [0, 0.1) is 6.92 Å². The van der Waals surface area contributed by atoms with Crippen LogP contribution in [0.3, 0.4) is 0 Å². The van der Waals surface area contributed by atoms with Crippen LogP contribution in [0.15, 0.2) is 53.3 Å². The highest BCUT2D eigenvalue weighted by molar-refractivity contribution is 6.04. The smallest absolute Gasteiger partial charge is 0.274 e. The highest BCUT2D eigenvalue weighted by Crippen LogP contribution is 2.49. The number of methoxy groups -OCH3 is 1. The van der Waals surface area contributed by atoms with Crippen LogP contribution in [0.25, 0.3) is 17.0 Å². The lowest BCUT2D eigenvalue weighted by atomic mass is 9.70. The highest BCUT2D eigenvalue weighted by atomic mass is 19.3. The van der Waals surface area contributed by atoms with Gasteiger partial charge in [0, 0.05) is 30.5 Å². The normalized spacial score (nSPS) is 20.2. The summed E-state index contributed by atoms with van der Waals surface area (Å²) in [5.74, 6) is 0.0394. The summed E-state index contributed by atoms with van der Waals surface area (Å²) >= 11 is 0. The molecule has 1 aliphatic carbocycles. The van der Waals surface area contributed by atoms with Crippen molar-refractivity contribution in [3.05, 3.63) is 65.9 Å². The van der Waals surface area contributed by atoms with Gasteiger partial charge in [0.25, 0.3) is 12.3 Å². The number of aromatic nitrogens is 4. The quantitative estimate of drug-likeness (QED) is 0.463. The summed E-state index contributed by atoms with van der Waals surface area (Å²) in [4.78, 5) is 21.5. The van der Waals surface area contributed by atoms with Crippen LogP contribution in [0.4, 0.5) is 14.5 Å². The Morgan fingerprint density at radius 1 is 1.30 bits per heavy atom. The largest absolute Gasteiger partial charge is 0.372 e. The van der Waals surface area contributed by atoms with Gasteiger partial charge in [0.2, 0.25) is 11.7 Å². The van der Waals surface area contributed by atoms with Gasteiger partial charge in [-0.2, -0.15) is 4.98 Å². The molecule has 3 heterocycles. The zero-order valence-corrected chi connectivity index (χ0v) is 18.0. The van der Waals surface area contributed by atoms with E-state index >= 15 is 0 Å². The maximum absolute atomic E-state index is 13.2. The van der Waals surface area contributed by atoms with Crippen molar-refractivity contribution in [1.29, 1.82) is 0 Å². The Labute approximate surface area is 187 Å². The van der Waals surface area contributed by atoms with Crippen LogP contribution >= 0.6 is 0 Å². The lowest BCUT2D eigenvalue weighted by Gasteiger charge is -2.44. The average molecular weight is 453 g/mol. The Bertz CT molecular complexity index is 1330. The summed E-state index contributed by atoms with van der Waals surface area (Å²) < 4.78 is 38.5. The molecule has 3 aromatic heterocycles. The first-order chi connectivity index (χ1) is 15.9. The lowest BCUT2D eigenvalue weighted by Crippen LogP contribution is -2.50. The Morgan fingerprint density at radius 2 is 2.12 bits per heavy atom. The number of nitrogens with one attached hydrogen (secondary N) is 1. The number of amides is 1. The molecule has 0 unspecified atom stereocenters. The Morgan fingerprint density at radius 3 is 2.88 bits per heavy atom. The number of ether oxygens (including phenoxy) is 1. The van der Waals surface area contributed by atoms with E-state index in [-0.39, 0.29) is 24.7 Å². The van der Waals surface area contributed by atoms with E-state index < -0.39 is 12.0 Å². The van der Waals surface area contributed by atoms with E-state index in [1.807, 2.05) is 37.3 Å². The Hall–Kier alpha value is -3.66. The minimum Gasteiger partial charge on any atom is -0.372 e. The van der Waals surface area contributed by atoms with Gasteiger partial charge in [-0.3, -0.25) is 9.20 Å². The van der Waals surface area contributed by atoms with Crippen molar-refractivity contribution in [2.75, 3.05) is 12.4 Å². The van der Waals surface area contributed by atoms with Crippen molar-refractivity contribution in [3.8, 4) is 11.4 Å². The number of hydrogen-bond acceptors (Lipinski definition) is 6. The van der Waals surface area contributed by atoms with Gasteiger partial charge in [-0.05, 0) is 43.5 Å². The van der Waals surface area contributed by atoms with Gasteiger partial charge in [-0.15, -0.1) is 0 Å². The lowest BCUT2D eigenvalue weighted by molar-refractivity contribution is -0.176. The molecule has 170 valence electrons. The van der Waals surface area contributed by atoms with Crippen molar-refractivity contribution in [3.63, 3.8) is 0 Å². The second-order valence-corrected chi connectivity index (χ2v) is 8.19. The molecule has 0 bridgehead atoms. The Kier molecular flexibility index (Phi) is 5.16. The number of aryl methyl sites for hydroxylation is 1. The van der Waals surface area contributed by atoms with E-state index in [1.54, 1.807) is 16.7 Å². The number of rotatable bonds is 6. The maximum Gasteiger partial charge on any atom is 0.274 e. The molecule has 5 rings (SSSR count). The van der Waals surface area contributed by atoms with Crippen molar-refractivity contribution in [1.82, 2.24) is 19.5 Å². The summed E-state index contributed by atoms with van der Waals surface area (Å²) in [7, 11) is 1.29. The third-order valence-corrected chi connectivity index (χ3v) is 6.17. The fourth-order valence-electron chi connectivity index (χ4n) is 4.08. The van der Waals surface area contributed by atoms with E-state index in [9.17, 15) is 13.6 Å². The first kappa shape index (κ1) is 21.2. The van der Waals surface area contributed by atoms with E-state index in [0.717, 1.165) is 5.56 Å². The molecule has 0 radical (unpaired) electrons. The number of anilines is 1. The number of hydrogen-bond donors (Lipinski definition) is 1. The zero-order valence-electron chi connectivity index (χ0n) is 18.0. The van der Waals surface area contributed by atoms with Gasteiger partial charge in [-0.1, -0.05) is 23.4 Å². The SMILES string of the molecule is COC1(C(F)F)CC(c2nc(-c3ccc(C)c(NC(=O)c4cnc5ccccn45)c3)no2)C1. The minimum absolute atomic E-state index is 0.122. The molecular weight excluding hydrogens is 432 g/mol. The molecule has 8 nitrogen and oxygen atoms in total. The number of pyridine rings is 1. The molecule has 10 heteroatoms. The molecule has 33 heavy (non-hydrogen) atoms. The number of imidazole rings is 1. The van der Waals surface area contributed by atoms with Crippen LogP contribution in [-0.4, -0.2) is 44.6 Å². The molecule has 1 fully saturated rings. The highest BCUT2D eigenvalue weighted by Gasteiger charge is 2.54. The molecule has 1 saturated carbocycles. The summed E-state index contributed by atoms with van der Waals surface area (Å²) in [6.07, 6.45) is 0.966. The van der Waals surface area contributed by atoms with E-state index in [4.69, 9.17) is 9.26 Å². The molecule has 1 amide bonds. The predicted octanol–water partition coefficient (Wildman–Crippen LogP) is 4.47. The van der Waals surface area contributed by atoms with Gasteiger partial charge in [-0.25, -0.2) is 13.8 Å². The standard InChI is InChI=1S/C23H21F2N5O3/c1-13-6-7-14(19-28-21(33-29-19)15-10-23(11-15,32-2)22(24)25)9-16(13)27-20(31)17-12-26-18-5-3-4-8-30(17)18/h3-9,12,15,22H,10-11H2,1-2H3,(H,27,31). The first-order valence-corrected chi connectivity index (χ1v) is 10.4. The summed E-state index contributed by atoms with van der Waals surface area (Å²) in [5.41, 5.74) is 1.71. The number of benzene rings is 1. The van der Waals surface area contributed by atoms with Gasteiger partial charge < -0.3 is 14.6 Å². The van der Waals surface area contributed by atoms with Crippen LogP contribution in [0.1, 0.15) is 40.7 Å². The molecule has 0 aliphatic heterocycles. The van der Waals surface area contributed by atoms with Gasteiger partial charge in [0.1, 0.15) is 16.9 Å². The Balaban J connectivity index is 1.35. The topological polar surface area (TPSA) is 94.5 Å². The first-order valence-electron chi connectivity index (χ1n) is 10.4. The second-order valence-electron chi connectivity index (χ2n) is 8.19. The van der Waals surface area contributed by atoms with Crippen LogP contribution in [0.5, 0.6) is 0 Å². The molecular formula is C23H21F2N5O3. The van der Waals surface area contributed by atoms with Crippen LogP contribution < -0.4 is 5.32 Å². The fraction of sp³-hybridized carbons (Fsp3) is 0.304. The summed E-state index contributed by atoms with van der Waals surface area (Å²) in [6.45, 7) is 1.87. The van der Waals surface area contributed by atoms with Gasteiger partial charge in [0.15, 0.2) is 0 Å². The van der Waals surface area contributed by atoms with Crippen molar-refractivity contribution in [2.24, 2.45) is 0 Å². The monoisotopic (exact) mass is 453 g/mol. The number of alkyl halides is 2. The summed E-state index contributed by atoms with van der Waals surface area (Å²) in [6, 6.07) is 10.9. The van der Waals surface area contributed by atoms with E-state index in [2.05, 4.69) is 20.4 Å². The molecule has 0 saturated heterocycles. The number of halogens is 2. The van der Waals surface area contributed by atoms with E-state index in [1.165, 1.54) is 13.3 Å². The molecule has 0 spiro atoms.